The van der Waals surface area contributed by atoms with Gasteiger partial charge in [0.1, 0.15) is 0 Å². The molecule has 0 saturated carbocycles. The van der Waals surface area contributed by atoms with E-state index in [0.29, 0.717) is 5.92 Å². The van der Waals surface area contributed by atoms with E-state index in [0.717, 1.165) is 13.1 Å². The molecule has 2 heterocycles. The lowest BCUT2D eigenvalue weighted by Crippen LogP contribution is -2.27. The second-order valence-corrected chi connectivity index (χ2v) is 4.73. The van der Waals surface area contributed by atoms with Gasteiger partial charge in [0.15, 0.2) is 0 Å². The Kier molecular flexibility index (Phi) is 2.93. The number of halogens is 1. The Hall–Kier alpha value is -0.350. The van der Waals surface area contributed by atoms with E-state index in [1.807, 2.05) is 11.7 Å². The van der Waals surface area contributed by atoms with E-state index in [4.69, 9.17) is 0 Å². The molecule has 3 nitrogen and oxygen atoms in total. The van der Waals surface area contributed by atoms with Gasteiger partial charge in [0, 0.05) is 18.7 Å². The maximum atomic E-state index is 4.58. The fourth-order valence-electron chi connectivity index (χ4n) is 1.96. The van der Waals surface area contributed by atoms with Crippen LogP contribution in [0.15, 0.2) is 4.47 Å². The molecule has 1 aliphatic heterocycles. The molecular formula is C10H16BrN3. The van der Waals surface area contributed by atoms with Crippen LogP contribution < -0.4 is 5.32 Å². The van der Waals surface area contributed by atoms with Crippen molar-refractivity contribution in [3.63, 3.8) is 0 Å². The fraction of sp³-hybridized carbons (Fsp3) is 0.700. The predicted octanol–water partition coefficient (Wildman–Crippen LogP) is 1.96. The van der Waals surface area contributed by atoms with E-state index < -0.39 is 0 Å². The number of rotatable bonds is 1. The molecule has 14 heavy (non-hydrogen) atoms. The van der Waals surface area contributed by atoms with Crippen molar-refractivity contribution in [3.8, 4) is 0 Å². The molecule has 78 valence electrons. The summed E-state index contributed by atoms with van der Waals surface area (Å²) >= 11 is 3.63. The molecule has 2 rings (SSSR count). The van der Waals surface area contributed by atoms with Crippen LogP contribution in [-0.4, -0.2) is 22.9 Å². The summed E-state index contributed by atoms with van der Waals surface area (Å²) in [5.41, 5.74) is 2.46. The summed E-state index contributed by atoms with van der Waals surface area (Å²) < 4.78 is 3.16. The lowest BCUT2D eigenvalue weighted by atomic mass is 9.95. The van der Waals surface area contributed by atoms with Crippen molar-refractivity contribution in [2.24, 2.45) is 7.05 Å². The third-order valence-corrected chi connectivity index (χ3v) is 3.99. The largest absolute Gasteiger partial charge is 0.317 e. The van der Waals surface area contributed by atoms with Crippen molar-refractivity contribution in [1.29, 1.82) is 0 Å². The number of aromatic nitrogens is 2. The van der Waals surface area contributed by atoms with Crippen molar-refractivity contribution in [3.05, 3.63) is 15.9 Å². The van der Waals surface area contributed by atoms with Crippen molar-refractivity contribution in [2.75, 3.05) is 13.1 Å². The number of nitrogens with one attached hydrogen (secondary N) is 1. The van der Waals surface area contributed by atoms with Crippen molar-refractivity contribution < 1.29 is 0 Å². The molecule has 0 atom stereocenters. The van der Waals surface area contributed by atoms with Crippen LogP contribution in [0.5, 0.6) is 0 Å². The first kappa shape index (κ1) is 10.2. The SMILES string of the molecule is Cc1c(Br)c(C2CCNCC2)nn1C. The van der Waals surface area contributed by atoms with E-state index in [1.165, 1.54) is 28.7 Å². The van der Waals surface area contributed by atoms with E-state index in [2.05, 4.69) is 33.3 Å². The molecule has 0 unspecified atom stereocenters. The second-order valence-electron chi connectivity index (χ2n) is 3.93. The van der Waals surface area contributed by atoms with Gasteiger partial charge in [0.05, 0.1) is 10.2 Å². The Morgan fingerprint density at radius 3 is 2.57 bits per heavy atom. The highest BCUT2D eigenvalue weighted by atomic mass is 79.9. The molecule has 1 aromatic rings. The number of piperidine rings is 1. The molecule has 0 aromatic carbocycles. The van der Waals surface area contributed by atoms with Crippen LogP contribution in [-0.2, 0) is 7.05 Å². The third kappa shape index (κ3) is 1.73. The zero-order chi connectivity index (χ0) is 10.1. The minimum Gasteiger partial charge on any atom is -0.317 e. The lowest BCUT2D eigenvalue weighted by molar-refractivity contribution is 0.449. The number of nitrogens with zero attached hydrogens (tertiary/aromatic N) is 2. The summed E-state index contributed by atoms with van der Waals surface area (Å²) in [6.45, 7) is 4.33. The van der Waals surface area contributed by atoms with Crippen LogP contribution >= 0.6 is 15.9 Å². The van der Waals surface area contributed by atoms with E-state index in [9.17, 15) is 0 Å². The van der Waals surface area contributed by atoms with Crippen LogP contribution in [0.2, 0.25) is 0 Å². The molecule has 0 spiro atoms. The van der Waals surface area contributed by atoms with Crippen molar-refractivity contribution in [2.45, 2.75) is 25.7 Å². The Balaban J connectivity index is 2.26. The maximum Gasteiger partial charge on any atom is 0.0801 e. The first-order valence-electron chi connectivity index (χ1n) is 5.10. The lowest BCUT2D eigenvalue weighted by Gasteiger charge is -2.21. The molecule has 0 aliphatic carbocycles. The molecule has 0 amide bonds. The second kappa shape index (κ2) is 4.03. The molecule has 1 saturated heterocycles. The van der Waals surface area contributed by atoms with Crippen molar-refractivity contribution >= 4 is 15.9 Å². The molecule has 0 bridgehead atoms. The molecule has 1 fully saturated rings. The highest BCUT2D eigenvalue weighted by molar-refractivity contribution is 9.10. The van der Waals surface area contributed by atoms with Crippen LogP contribution in [0.1, 0.15) is 30.1 Å². The third-order valence-electron chi connectivity index (χ3n) is 3.01. The van der Waals surface area contributed by atoms with Crippen molar-refractivity contribution in [1.82, 2.24) is 15.1 Å². The van der Waals surface area contributed by atoms with Crippen LogP contribution in [0.4, 0.5) is 0 Å². The minimum absolute atomic E-state index is 0.630. The Labute approximate surface area is 93.0 Å². The predicted molar refractivity (Wildman–Crippen MR) is 60.5 cm³/mol. The van der Waals surface area contributed by atoms with Crippen LogP contribution in [0.3, 0.4) is 0 Å². The Bertz CT molecular complexity index is 326. The Morgan fingerprint density at radius 1 is 1.43 bits per heavy atom. The summed E-state index contributed by atoms with van der Waals surface area (Å²) in [6, 6.07) is 0. The van der Waals surface area contributed by atoms with Gasteiger partial charge in [-0.15, -0.1) is 0 Å². The molecule has 1 N–H and O–H groups in total. The summed E-state index contributed by atoms with van der Waals surface area (Å²) in [6.07, 6.45) is 2.41. The number of hydrogen-bond acceptors (Lipinski definition) is 2. The molecule has 0 radical (unpaired) electrons. The summed E-state index contributed by atoms with van der Waals surface area (Å²) in [5, 5.41) is 7.95. The van der Waals surface area contributed by atoms with E-state index in [1.54, 1.807) is 0 Å². The normalized spacial score (nSPS) is 18.8. The zero-order valence-electron chi connectivity index (χ0n) is 8.68. The standard InChI is InChI=1S/C10H16BrN3/c1-7-9(11)10(13-14(7)2)8-3-5-12-6-4-8/h8,12H,3-6H2,1-2H3. The summed E-state index contributed by atoms with van der Waals surface area (Å²) in [7, 11) is 2.00. The maximum absolute atomic E-state index is 4.58. The Morgan fingerprint density at radius 2 is 2.07 bits per heavy atom. The average molecular weight is 258 g/mol. The van der Waals surface area contributed by atoms with Gasteiger partial charge in [-0.3, -0.25) is 4.68 Å². The fourth-order valence-corrected chi connectivity index (χ4v) is 2.62. The minimum atomic E-state index is 0.630. The number of hydrogen-bond donors (Lipinski definition) is 1. The van der Waals surface area contributed by atoms with Gasteiger partial charge < -0.3 is 5.32 Å². The molecule has 4 heteroatoms. The molecular weight excluding hydrogens is 242 g/mol. The summed E-state index contributed by atoms with van der Waals surface area (Å²) in [4.78, 5) is 0. The van der Waals surface area contributed by atoms with Gasteiger partial charge in [-0.1, -0.05) is 0 Å². The zero-order valence-corrected chi connectivity index (χ0v) is 10.3. The smallest absolute Gasteiger partial charge is 0.0801 e. The quantitative estimate of drug-likeness (QED) is 0.834. The molecule has 1 aromatic heterocycles. The van der Waals surface area contributed by atoms with E-state index in [-0.39, 0.29) is 0 Å². The average Bonchev–Trinajstić information content (AvgIpc) is 2.47. The van der Waals surface area contributed by atoms with Crippen LogP contribution in [0, 0.1) is 6.92 Å². The van der Waals surface area contributed by atoms with Gasteiger partial charge in [-0.25, -0.2) is 0 Å². The first-order chi connectivity index (χ1) is 6.70. The first-order valence-corrected chi connectivity index (χ1v) is 5.89. The highest BCUT2D eigenvalue weighted by Crippen LogP contribution is 2.31. The van der Waals surface area contributed by atoms with Gasteiger partial charge >= 0.3 is 0 Å². The topological polar surface area (TPSA) is 29.9 Å². The van der Waals surface area contributed by atoms with Gasteiger partial charge in [-0.2, -0.15) is 5.10 Å². The van der Waals surface area contributed by atoms with Gasteiger partial charge in [0.2, 0.25) is 0 Å². The van der Waals surface area contributed by atoms with E-state index >= 15 is 0 Å². The highest BCUT2D eigenvalue weighted by Gasteiger charge is 2.21. The monoisotopic (exact) mass is 257 g/mol. The van der Waals surface area contributed by atoms with Gasteiger partial charge in [0.25, 0.3) is 0 Å². The van der Waals surface area contributed by atoms with Gasteiger partial charge in [-0.05, 0) is 48.8 Å². The van der Waals surface area contributed by atoms with Crippen LogP contribution in [0.25, 0.3) is 0 Å². The number of aryl methyl sites for hydroxylation is 1. The molecule has 1 aliphatic rings. The summed E-state index contributed by atoms with van der Waals surface area (Å²) in [5.74, 6) is 0.630.